The standard InChI is InChI=1S/C19H19BrN4/c20-18-13-24-19(11-17(18)15-6-8-22-9-7-15)23-12-16(21)10-14-4-2-1-3-5-14/h1-9,11,13,16H,10,12,21H2,(H,23,24)/t16-/m1/s1. The minimum Gasteiger partial charge on any atom is -0.368 e. The number of hydrogen-bond donors (Lipinski definition) is 2. The molecule has 24 heavy (non-hydrogen) atoms. The van der Waals surface area contributed by atoms with Crippen LogP contribution in [0.1, 0.15) is 5.56 Å². The van der Waals surface area contributed by atoms with E-state index in [1.165, 1.54) is 5.56 Å². The van der Waals surface area contributed by atoms with E-state index in [9.17, 15) is 0 Å². The van der Waals surface area contributed by atoms with Gasteiger partial charge in [-0.05, 0) is 51.7 Å². The van der Waals surface area contributed by atoms with Crippen molar-refractivity contribution in [2.75, 3.05) is 11.9 Å². The Hall–Kier alpha value is -2.24. The van der Waals surface area contributed by atoms with Gasteiger partial charge in [0.1, 0.15) is 5.82 Å². The van der Waals surface area contributed by atoms with Crippen molar-refractivity contribution in [1.82, 2.24) is 9.97 Å². The zero-order chi connectivity index (χ0) is 16.8. The lowest BCUT2D eigenvalue weighted by atomic mass is 10.1. The summed E-state index contributed by atoms with van der Waals surface area (Å²) in [6, 6.07) is 16.3. The molecule has 0 fully saturated rings. The maximum absolute atomic E-state index is 6.22. The third kappa shape index (κ3) is 4.40. The predicted molar refractivity (Wildman–Crippen MR) is 102 cm³/mol. The summed E-state index contributed by atoms with van der Waals surface area (Å²) < 4.78 is 0.952. The lowest BCUT2D eigenvalue weighted by Crippen LogP contribution is -2.31. The van der Waals surface area contributed by atoms with E-state index >= 15 is 0 Å². The SMILES string of the molecule is N[C@@H](CNc1cc(-c2ccncc2)c(Br)cn1)Cc1ccccc1. The number of rotatable bonds is 6. The number of benzene rings is 1. The van der Waals surface area contributed by atoms with Crippen molar-refractivity contribution in [3.05, 3.63) is 77.2 Å². The highest BCUT2D eigenvalue weighted by Crippen LogP contribution is 2.29. The highest BCUT2D eigenvalue weighted by atomic mass is 79.9. The monoisotopic (exact) mass is 382 g/mol. The summed E-state index contributed by atoms with van der Waals surface area (Å²) in [5, 5.41) is 3.33. The summed E-state index contributed by atoms with van der Waals surface area (Å²) in [5.74, 6) is 0.813. The number of pyridine rings is 2. The van der Waals surface area contributed by atoms with Crippen molar-refractivity contribution >= 4 is 21.7 Å². The van der Waals surface area contributed by atoms with Crippen LogP contribution in [0.15, 0.2) is 71.6 Å². The molecule has 0 spiro atoms. The van der Waals surface area contributed by atoms with Crippen molar-refractivity contribution < 1.29 is 0 Å². The second kappa shape index (κ2) is 8.04. The molecule has 0 aliphatic carbocycles. The lowest BCUT2D eigenvalue weighted by Gasteiger charge is -2.14. The molecule has 3 N–H and O–H groups in total. The van der Waals surface area contributed by atoms with Crippen LogP contribution in [0.4, 0.5) is 5.82 Å². The zero-order valence-electron chi connectivity index (χ0n) is 13.2. The van der Waals surface area contributed by atoms with Gasteiger partial charge in [-0.15, -0.1) is 0 Å². The Morgan fingerprint density at radius 1 is 1.08 bits per heavy atom. The van der Waals surface area contributed by atoms with Gasteiger partial charge in [-0.2, -0.15) is 0 Å². The van der Waals surface area contributed by atoms with E-state index in [2.05, 4.69) is 43.3 Å². The Balaban J connectivity index is 1.65. The number of nitrogens with two attached hydrogens (primary N) is 1. The van der Waals surface area contributed by atoms with Gasteiger partial charge in [-0.25, -0.2) is 4.98 Å². The van der Waals surface area contributed by atoms with Crippen LogP contribution in [0.25, 0.3) is 11.1 Å². The molecule has 3 aromatic rings. The van der Waals surface area contributed by atoms with Gasteiger partial charge in [-0.1, -0.05) is 30.3 Å². The molecule has 4 nitrogen and oxygen atoms in total. The zero-order valence-corrected chi connectivity index (χ0v) is 14.8. The number of hydrogen-bond acceptors (Lipinski definition) is 4. The molecule has 2 aromatic heterocycles. The molecule has 5 heteroatoms. The number of aromatic nitrogens is 2. The molecule has 1 aromatic carbocycles. The molecule has 0 saturated heterocycles. The van der Waals surface area contributed by atoms with Gasteiger partial charge in [-0.3, -0.25) is 4.98 Å². The van der Waals surface area contributed by atoms with E-state index in [4.69, 9.17) is 5.73 Å². The van der Waals surface area contributed by atoms with Crippen LogP contribution in [0.2, 0.25) is 0 Å². The van der Waals surface area contributed by atoms with Crippen molar-refractivity contribution in [3.63, 3.8) is 0 Å². The molecule has 0 saturated carbocycles. The molecule has 2 heterocycles. The first kappa shape index (κ1) is 16.6. The lowest BCUT2D eigenvalue weighted by molar-refractivity contribution is 0.698. The topological polar surface area (TPSA) is 63.8 Å². The fraction of sp³-hybridized carbons (Fsp3) is 0.158. The summed E-state index contributed by atoms with van der Waals surface area (Å²) in [6.07, 6.45) is 6.21. The predicted octanol–water partition coefficient (Wildman–Crippen LogP) is 3.89. The Labute approximate surface area is 150 Å². The molecule has 0 unspecified atom stereocenters. The van der Waals surface area contributed by atoms with Crippen LogP contribution in [0.3, 0.4) is 0 Å². The quantitative estimate of drug-likeness (QED) is 0.678. The molecule has 0 bridgehead atoms. The molecule has 122 valence electrons. The Morgan fingerprint density at radius 2 is 1.83 bits per heavy atom. The van der Waals surface area contributed by atoms with Crippen LogP contribution in [0.5, 0.6) is 0 Å². The van der Waals surface area contributed by atoms with Gasteiger partial charge in [0.25, 0.3) is 0 Å². The average molecular weight is 383 g/mol. The van der Waals surface area contributed by atoms with E-state index in [1.54, 1.807) is 18.6 Å². The fourth-order valence-electron chi connectivity index (χ4n) is 2.51. The van der Waals surface area contributed by atoms with Gasteiger partial charge in [0.2, 0.25) is 0 Å². The average Bonchev–Trinajstić information content (AvgIpc) is 2.62. The number of nitrogens with one attached hydrogen (secondary N) is 1. The van der Waals surface area contributed by atoms with Crippen molar-refractivity contribution in [2.24, 2.45) is 5.73 Å². The van der Waals surface area contributed by atoms with E-state index in [-0.39, 0.29) is 6.04 Å². The number of halogens is 1. The van der Waals surface area contributed by atoms with Crippen LogP contribution >= 0.6 is 15.9 Å². The third-order valence-corrected chi connectivity index (χ3v) is 4.36. The van der Waals surface area contributed by atoms with Crippen LogP contribution in [-0.4, -0.2) is 22.6 Å². The highest BCUT2D eigenvalue weighted by Gasteiger charge is 2.08. The van der Waals surface area contributed by atoms with E-state index in [0.717, 1.165) is 27.8 Å². The number of nitrogens with zero attached hydrogens (tertiary/aromatic N) is 2. The summed E-state index contributed by atoms with van der Waals surface area (Å²) in [7, 11) is 0. The van der Waals surface area contributed by atoms with E-state index < -0.39 is 0 Å². The highest BCUT2D eigenvalue weighted by molar-refractivity contribution is 9.10. The molecule has 1 atom stereocenters. The Bertz CT molecular complexity index is 778. The van der Waals surface area contributed by atoms with Gasteiger partial charge >= 0.3 is 0 Å². The smallest absolute Gasteiger partial charge is 0.126 e. The molecular weight excluding hydrogens is 364 g/mol. The summed E-state index contributed by atoms with van der Waals surface area (Å²) in [4.78, 5) is 8.47. The van der Waals surface area contributed by atoms with Crippen molar-refractivity contribution in [1.29, 1.82) is 0 Å². The normalized spacial score (nSPS) is 11.9. The number of anilines is 1. The summed E-state index contributed by atoms with van der Waals surface area (Å²) in [6.45, 7) is 0.666. The second-order valence-corrected chi connectivity index (χ2v) is 6.47. The van der Waals surface area contributed by atoms with E-state index in [1.807, 2.05) is 36.4 Å². The van der Waals surface area contributed by atoms with Crippen molar-refractivity contribution in [3.8, 4) is 11.1 Å². The van der Waals surface area contributed by atoms with Gasteiger partial charge in [0.15, 0.2) is 0 Å². The summed E-state index contributed by atoms with van der Waals surface area (Å²) in [5.41, 5.74) is 9.64. The largest absolute Gasteiger partial charge is 0.368 e. The fourth-order valence-corrected chi connectivity index (χ4v) is 2.96. The molecule has 3 rings (SSSR count). The Kier molecular flexibility index (Phi) is 5.56. The summed E-state index contributed by atoms with van der Waals surface area (Å²) >= 11 is 3.56. The van der Waals surface area contributed by atoms with Crippen LogP contribution in [0, 0.1) is 0 Å². The second-order valence-electron chi connectivity index (χ2n) is 5.62. The molecule has 0 radical (unpaired) electrons. The van der Waals surface area contributed by atoms with Crippen LogP contribution < -0.4 is 11.1 Å². The minimum atomic E-state index is 0.0298. The molecule has 0 amide bonds. The van der Waals surface area contributed by atoms with Gasteiger partial charge < -0.3 is 11.1 Å². The van der Waals surface area contributed by atoms with Gasteiger partial charge in [0, 0.05) is 41.2 Å². The minimum absolute atomic E-state index is 0.0298. The van der Waals surface area contributed by atoms with E-state index in [0.29, 0.717) is 6.54 Å². The van der Waals surface area contributed by atoms with Gasteiger partial charge in [0.05, 0.1) is 0 Å². The Morgan fingerprint density at radius 3 is 2.58 bits per heavy atom. The maximum atomic E-state index is 6.22. The first-order valence-electron chi connectivity index (χ1n) is 7.81. The maximum Gasteiger partial charge on any atom is 0.126 e. The molecule has 0 aliphatic rings. The third-order valence-electron chi connectivity index (χ3n) is 3.73. The molecule has 0 aliphatic heterocycles. The first-order chi connectivity index (χ1) is 11.7. The first-order valence-corrected chi connectivity index (χ1v) is 8.61. The molecular formula is C19H19BrN4. The van der Waals surface area contributed by atoms with Crippen molar-refractivity contribution in [2.45, 2.75) is 12.5 Å². The van der Waals surface area contributed by atoms with Crippen LogP contribution in [-0.2, 0) is 6.42 Å².